The third kappa shape index (κ3) is 2.93. The van der Waals surface area contributed by atoms with E-state index in [1.165, 1.54) is 19.3 Å². The summed E-state index contributed by atoms with van der Waals surface area (Å²) >= 11 is 0. The first-order valence-electron chi connectivity index (χ1n) is 11.7. The van der Waals surface area contributed by atoms with Crippen molar-refractivity contribution in [3.05, 3.63) is 35.8 Å². The van der Waals surface area contributed by atoms with Gasteiger partial charge in [-0.3, -0.25) is 14.0 Å². The van der Waals surface area contributed by atoms with Crippen LogP contribution in [0.4, 0.5) is 0 Å². The van der Waals surface area contributed by atoms with Gasteiger partial charge in [0.1, 0.15) is 17.0 Å². The van der Waals surface area contributed by atoms with Crippen molar-refractivity contribution in [3.63, 3.8) is 0 Å². The van der Waals surface area contributed by atoms with Crippen LogP contribution in [0.15, 0.2) is 24.4 Å². The number of fused-ring (bicyclic) bond motifs is 5. The summed E-state index contributed by atoms with van der Waals surface area (Å²) in [4.78, 5) is 32.6. The lowest BCUT2D eigenvalue weighted by Crippen LogP contribution is -2.54. The van der Waals surface area contributed by atoms with Crippen molar-refractivity contribution in [1.29, 1.82) is 0 Å². The van der Waals surface area contributed by atoms with Gasteiger partial charge in [0.25, 0.3) is 11.8 Å². The van der Waals surface area contributed by atoms with Crippen molar-refractivity contribution in [1.82, 2.24) is 24.9 Å². The van der Waals surface area contributed by atoms with Crippen molar-refractivity contribution in [2.45, 2.75) is 51.6 Å². The number of amides is 2. The minimum atomic E-state index is -0.0920. The molecule has 0 unspecified atom stereocenters. The first-order chi connectivity index (χ1) is 14.9. The zero-order valence-electron chi connectivity index (χ0n) is 18.3. The first kappa shape index (κ1) is 19.3. The molecule has 2 aliphatic heterocycles. The number of pyridine rings is 1. The standard InChI is InChI=1S/C24H31N5O2/c1-24(2)15-7-6-14(18(24)8-15)10-26-22(30)20-4-3-5-21-27-19(13-29(20)21)23(31)28-12-16-9-17(28)11-25-16/h3-5,13-18,25H,6-12H2,1-2H3,(H,26,30)/t14-,15-,16-,17-,18-/m0/s1. The summed E-state index contributed by atoms with van der Waals surface area (Å²) in [5, 5.41) is 6.60. The van der Waals surface area contributed by atoms with E-state index in [1.54, 1.807) is 10.6 Å². The van der Waals surface area contributed by atoms with Crippen LogP contribution >= 0.6 is 0 Å². The van der Waals surface area contributed by atoms with Crippen LogP contribution in [0.1, 0.15) is 60.5 Å². The molecule has 5 fully saturated rings. The number of nitrogens with one attached hydrogen (secondary N) is 2. The number of likely N-dealkylation sites (tertiary alicyclic amines) is 1. The maximum absolute atomic E-state index is 13.1. The molecule has 4 bridgehead atoms. The smallest absolute Gasteiger partial charge is 0.274 e. The summed E-state index contributed by atoms with van der Waals surface area (Å²) in [6.45, 7) is 7.08. The molecule has 7 rings (SSSR count). The fourth-order valence-corrected chi connectivity index (χ4v) is 6.78. The van der Waals surface area contributed by atoms with Gasteiger partial charge in [-0.05, 0) is 61.0 Å². The Labute approximate surface area is 182 Å². The van der Waals surface area contributed by atoms with Crippen molar-refractivity contribution in [2.75, 3.05) is 19.6 Å². The molecule has 31 heavy (non-hydrogen) atoms. The zero-order chi connectivity index (χ0) is 21.3. The SMILES string of the molecule is CC1(C)[C@H]2CC[C@@H](CNC(=O)c3cccc4nc(C(=O)N5C[C@@H]6C[C@H]5CN6)cn34)[C@@H]1C2. The first-order valence-corrected chi connectivity index (χ1v) is 11.7. The van der Waals surface area contributed by atoms with Crippen LogP contribution in [0.2, 0.25) is 0 Å². The van der Waals surface area contributed by atoms with E-state index < -0.39 is 0 Å². The average Bonchev–Trinajstić information content (AvgIpc) is 3.51. The van der Waals surface area contributed by atoms with Gasteiger partial charge in [0.15, 0.2) is 0 Å². The van der Waals surface area contributed by atoms with Crippen LogP contribution < -0.4 is 10.6 Å². The van der Waals surface area contributed by atoms with Gasteiger partial charge in [-0.1, -0.05) is 19.9 Å². The van der Waals surface area contributed by atoms with Gasteiger partial charge < -0.3 is 15.5 Å². The second-order valence-corrected chi connectivity index (χ2v) is 10.6. The largest absolute Gasteiger partial charge is 0.350 e. The van der Waals surface area contributed by atoms with E-state index in [9.17, 15) is 9.59 Å². The van der Waals surface area contributed by atoms with E-state index in [0.29, 0.717) is 40.3 Å². The molecule has 0 aromatic carbocycles. The van der Waals surface area contributed by atoms with Crippen LogP contribution in [-0.2, 0) is 0 Å². The molecule has 2 aromatic heterocycles. The van der Waals surface area contributed by atoms with Crippen LogP contribution in [0.25, 0.3) is 5.65 Å². The Balaban J connectivity index is 1.19. The van der Waals surface area contributed by atoms with Crippen molar-refractivity contribution >= 4 is 17.5 Å². The number of aromatic nitrogens is 2. The predicted molar refractivity (Wildman–Crippen MR) is 117 cm³/mol. The van der Waals surface area contributed by atoms with Crippen LogP contribution in [0, 0.1) is 23.2 Å². The lowest BCUT2D eigenvalue weighted by molar-refractivity contribution is -0.103. The Morgan fingerprint density at radius 1 is 1.26 bits per heavy atom. The van der Waals surface area contributed by atoms with E-state index in [-0.39, 0.29) is 17.9 Å². The summed E-state index contributed by atoms with van der Waals surface area (Å²) in [6.07, 6.45) is 6.54. The summed E-state index contributed by atoms with van der Waals surface area (Å²) in [5.74, 6) is 2.01. The van der Waals surface area contributed by atoms with Gasteiger partial charge in [0, 0.05) is 37.9 Å². The number of carbonyl (C=O) groups excluding carboxylic acids is 2. The monoisotopic (exact) mass is 421 g/mol. The molecule has 3 aliphatic carbocycles. The summed E-state index contributed by atoms with van der Waals surface area (Å²) in [6, 6.07) is 6.17. The molecule has 2 N–H and O–H groups in total. The number of rotatable bonds is 4. The Hall–Kier alpha value is -2.41. The molecule has 164 valence electrons. The summed E-state index contributed by atoms with van der Waals surface area (Å²) < 4.78 is 1.76. The fraction of sp³-hybridized carbons (Fsp3) is 0.625. The van der Waals surface area contributed by atoms with E-state index >= 15 is 0 Å². The molecule has 5 aliphatic rings. The Kier molecular flexibility index (Phi) is 4.23. The normalized spacial score (nSPS) is 32.8. The molecule has 2 saturated heterocycles. The minimum absolute atomic E-state index is 0.0342. The lowest BCUT2D eigenvalue weighted by Gasteiger charge is -2.60. The van der Waals surface area contributed by atoms with Gasteiger partial charge in [0.2, 0.25) is 0 Å². The Morgan fingerprint density at radius 2 is 2.13 bits per heavy atom. The number of piperazine rings is 1. The molecular formula is C24H31N5O2. The van der Waals surface area contributed by atoms with Crippen LogP contribution in [0.3, 0.4) is 0 Å². The molecule has 2 amide bonds. The molecule has 5 atom stereocenters. The molecule has 4 heterocycles. The van der Waals surface area contributed by atoms with Gasteiger partial charge in [-0.2, -0.15) is 0 Å². The van der Waals surface area contributed by atoms with Crippen molar-refractivity contribution in [2.24, 2.45) is 23.2 Å². The molecule has 7 nitrogen and oxygen atoms in total. The highest BCUT2D eigenvalue weighted by Crippen LogP contribution is 2.61. The van der Waals surface area contributed by atoms with E-state index in [4.69, 9.17) is 0 Å². The van der Waals surface area contributed by atoms with Gasteiger partial charge in [-0.25, -0.2) is 4.98 Å². The zero-order valence-corrected chi connectivity index (χ0v) is 18.3. The highest BCUT2D eigenvalue weighted by molar-refractivity contribution is 5.96. The molecular weight excluding hydrogens is 390 g/mol. The second kappa shape index (κ2) is 6.79. The van der Waals surface area contributed by atoms with Gasteiger partial charge in [0.05, 0.1) is 0 Å². The molecule has 2 aromatic rings. The van der Waals surface area contributed by atoms with Gasteiger partial charge in [-0.15, -0.1) is 0 Å². The van der Waals surface area contributed by atoms with E-state index in [0.717, 1.165) is 32.0 Å². The third-order valence-electron chi connectivity index (χ3n) is 8.79. The van der Waals surface area contributed by atoms with Crippen molar-refractivity contribution < 1.29 is 9.59 Å². The highest BCUT2D eigenvalue weighted by atomic mass is 16.2. The lowest BCUT2D eigenvalue weighted by atomic mass is 9.45. The predicted octanol–water partition coefficient (Wildman–Crippen LogP) is 2.32. The number of hydrogen-bond acceptors (Lipinski definition) is 4. The minimum Gasteiger partial charge on any atom is -0.350 e. The quantitative estimate of drug-likeness (QED) is 0.794. The highest BCUT2D eigenvalue weighted by Gasteiger charge is 2.54. The number of imidazole rings is 1. The molecule has 3 saturated carbocycles. The summed E-state index contributed by atoms with van der Waals surface area (Å²) in [7, 11) is 0. The number of carbonyl (C=O) groups is 2. The second-order valence-electron chi connectivity index (χ2n) is 10.6. The van der Waals surface area contributed by atoms with Crippen molar-refractivity contribution in [3.8, 4) is 0 Å². The van der Waals surface area contributed by atoms with E-state index in [2.05, 4.69) is 29.5 Å². The van der Waals surface area contributed by atoms with Gasteiger partial charge >= 0.3 is 0 Å². The molecule has 0 radical (unpaired) electrons. The number of nitrogens with zero attached hydrogens (tertiary/aromatic N) is 3. The maximum Gasteiger partial charge on any atom is 0.274 e. The summed E-state index contributed by atoms with van der Waals surface area (Å²) in [5.41, 5.74) is 2.01. The average molecular weight is 422 g/mol. The molecule has 7 heteroatoms. The van der Waals surface area contributed by atoms with E-state index in [1.807, 2.05) is 23.1 Å². The molecule has 0 spiro atoms. The maximum atomic E-state index is 13.1. The van der Waals surface area contributed by atoms with Crippen LogP contribution in [0.5, 0.6) is 0 Å². The Morgan fingerprint density at radius 3 is 2.84 bits per heavy atom. The third-order valence-corrected chi connectivity index (χ3v) is 8.79. The van der Waals surface area contributed by atoms with Crippen LogP contribution in [-0.4, -0.2) is 57.8 Å². The topological polar surface area (TPSA) is 78.7 Å². The number of hydrogen-bond donors (Lipinski definition) is 2. The Bertz CT molecular complexity index is 1060. The fourth-order valence-electron chi connectivity index (χ4n) is 6.78.